The van der Waals surface area contributed by atoms with E-state index in [1.165, 1.54) is 33.9 Å². The summed E-state index contributed by atoms with van der Waals surface area (Å²) in [6.07, 6.45) is 1.50. The second kappa shape index (κ2) is 16.8. The third-order valence-corrected chi connectivity index (χ3v) is 10.3. The van der Waals surface area contributed by atoms with Crippen LogP contribution in [0.3, 0.4) is 0 Å². The smallest absolute Gasteiger partial charge is 0.279 e. The van der Waals surface area contributed by atoms with E-state index >= 15 is 0 Å². The van der Waals surface area contributed by atoms with Gasteiger partial charge in [0, 0.05) is 20.4 Å². The summed E-state index contributed by atoms with van der Waals surface area (Å²) in [4.78, 5) is 0. The summed E-state index contributed by atoms with van der Waals surface area (Å²) in [5.41, 5.74) is 1.92. The second-order valence-corrected chi connectivity index (χ2v) is 18.2. The van der Waals surface area contributed by atoms with Crippen molar-refractivity contribution in [2.24, 2.45) is 0 Å². The normalized spacial score (nSPS) is 12.4. The van der Waals surface area contributed by atoms with Crippen LogP contribution in [0.25, 0.3) is 11.1 Å². The Kier molecular flexibility index (Phi) is 17.2. The summed E-state index contributed by atoms with van der Waals surface area (Å²) in [6, 6.07) is 14.3. The molecule has 0 heterocycles. The van der Waals surface area contributed by atoms with Gasteiger partial charge in [0.2, 0.25) is 0 Å². The van der Waals surface area contributed by atoms with E-state index in [1.807, 2.05) is 0 Å². The first kappa shape index (κ1) is 43.0. The van der Waals surface area contributed by atoms with Crippen molar-refractivity contribution in [3.63, 3.8) is 0 Å². The fourth-order valence-electron chi connectivity index (χ4n) is 4.88. The van der Waals surface area contributed by atoms with E-state index in [2.05, 4.69) is 133 Å². The van der Waals surface area contributed by atoms with Gasteiger partial charge in [0.25, 0.3) is 0 Å². The minimum atomic E-state index is -5.84. The topological polar surface area (TPSA) is 54.4 Å². The number of benzene rings is 2. The van der Waals surface area contributed by atoms with E-state index in [1.54, 1.807) is 5.30 Å². The van der Waals surface area contributed by atoms with Crippen LogP contribution in [-0.4, -0.2) is 28.8 Å². The largest absolute Gasteiger partial charge is 0.522 e. The Hall–Kier alpha value is -1.16. The van der Waals surface area contributed by atoms with Crippen molar-refractivity contribution in [3.05, 3.63) is 72.7 Å². The predicted molar refractivity (Wildman–Crippen MR) is 173 cm³/mol. The molecule has 0 amide bonds. The molecule has 0 atom stereocenters. The third kappa shape index (κ3) is 12.4. The van der Waals surface area contributed by atoms with Crippen molar-refractivity contribution in [1.82, 2.24) is 0 Å². The maximum atomic E-state index is 10.7. The fourth-order valence-corrected chi connectivity index (χ4v) is 9.00. The van der Waals surface area contributed by atoms with Gasteiger partial charge >= 0.3 is 15.6 Å². The minimum Gasteiger partial charge on any atom is -0.279 e. The van der Waals surface area contributed by atoms with Gasteiger partial charge in [-0.3, -0.25) is 4.55 Å². The van der Waals surface area contributed by atoms with Gasteiger partial charge in [0.05, 0.1) is 0 Å². The van der Waals surface area contributed by atoms with Crippen molar-refractivity contribution in [2.45, 2.75) is 117 Å². The van der Waals surface area contributed by atoms with E-state index < -0.39 is 15.6 Å². The molecule has 0 aliphatic rings. The van der Waals surface area contributed by atoms with E-state index in [0.717, 1.165) is 0 Å². The Morgan fingerprint density at radius 2 is 1.17 bits per heavy atom. The number of halogens is 3. The summed E-state index contributed by atoms with van der Waals surface area (Å²) < 4.78 is 57.5. The zero-order valence-electron chi connectivity index (χ0n) is 27.3. The van der Waals surface area contributed by atoms with Crippen molar-refractivity contribution >= 4 is 23.3 Å². The van der Waals surface area contributed by atoms with Crippen LogP contribution in [0.4, 0.5) is 13.2 Å². The molecule has 0 aliphatic heterocycles. The third-order valence-electron chi connectivity index (χ3n) is 6.18. The first-order valence-electron chi connectivity index (χ1n) is 13.8. The van der Waals surface area contributed by atoms with Crippen molar-refractivity contribution in [1.29, 1.82) is 0 Å². The summed E-state index contributed by atoms with van der Waals surface area (Å²) in [6.45, 7) is 35.1. The quantitative estimate of drug-likeness (QED) is 0.110. The molecule has 0 aromatic heterocycles. The zero-order valence-corrected chi connectivity index (χ0v) is 30.5. The van der Waals surface area contributed by atoms with Crippen LogP contribution in [0, 0.1) is 6.92 Å². The van der Waals surface area contributed by atoms with E-state index in [-0.39, 0.29) is 38.7 Å². The molecule has 244 valence electrons. The van der Waals surface area contributed by atoms with Gasteiger partial charge in [-0.15, -0.1) is 0 Å². The molecule has 0 aliphatic carbocycles. The molecule has 9 heteroatoms. The van der Waals surface area contributed by atoms with Crippen molar-refractivity contribution in [3.8, 4) is 11.1 Å². The molecule has 2 rings (SSSR count). The van der Waals surface area contributed by atoms with Gasteiger partial charge in [-0.25, -0.2) is 19.6 Å². The molecule has 42 heavy (non-hydrogen) atoms. The number of hydrogen-bond acceptors (Lipinski definition) is 2. The number of hydrogen-bond donors (Lipinski definition) is 1. The molecule has 0 saturated carbocycles. The molecule has 0 unspecified atom stereocenters. The molecule has 1 N–H and O–H groups in total. The van der Waals surface area contributed by atoms with Crippen molar-refractivity contribution in [2.75, 3.05) is 0 Å². The van der Waals surface area contributed by atoms with Crippen LogP contribution < -0.4 is 5.30 Å². The molecule has 2 aromatic carbocycles. The van der Waals surface area contributed by atoms with Crippen molar-refractivity contribution < 1.29 is 46.6 Å². The number of allylic oxidation sites excluding steroid dienone is 1. The second-order valence-electron chi connectivity index (χ2n) is 12.9. The van der Waals surface area contributed by atoms with Gasteiger partial charge in [-0.05, 0) is 61.2 Å². The molecule has 0 radical (unpaired) electrons. The molecule has 2 aromatic rings. The maximum Gasteiger partial charge on any atom is 0.522 e. The first-order chi connectivity index (χ1) is 18.3. The Labute approximate surface area is 269 Å². The summed E-state index contributed by atoms with van der Waals surface area (Å²) in [5.74, 6) is 1.55. The van der Waals surface area contributed by atoms with E-state index in [9.17, 15) is 13.2 Å². The molecule has 0 bridgehead atoms. The Bertz CT molecular complexity index is 1200. The molecule has 3 nitrogen and oxygen atoms in total. The molecule has 0 fully saturated rings. The zero-order chi connectivity index (χ0) is 32.7. The van der Waals surface area contributed by atoms with Gasteiger partial charge in [-0.1, -0.05) is 127 Å². The SMILES string of the molecule is C=C[CH2-].CC(C)c1cc(C(C)C)c(-c2ccccc2P(C(C)(C)C)C(C)(C)C)c(C(C)C)c1.O=S(=O)(O)C(F)(F)F.[Pd]. The van der Waals surface area contributed by atoms with Crippen LogP contribution in [0.15, 0.2) is 49.1 Å². The van der Waals surface area contributed by atoms with Gasteiger partial charge < -0.3 is 0 Å². The van der Waals surface area contributed by atoms with Crippen LogP contribution >= 0.6 is 7.92 Å². The van der Waals surface area contributed by atoms with Crippen LogP contribution in [-0.2, 0) is 30.5 Å². The molecule has 0 saturated heterocycles. The molecular formula is C33H51F3O3PPdS-. The summed E-state index contributed by atoms with van der Waals surface area (Å²) in [5, 5.41) is 2.06. The summed E-state index contributed by atoms with van der Waals surface area (Å²) in [7, 11) is -6.21. The van der Waals surface area contributed by atoms with Gasteiger partial charge in [0.15, 0.2) is 0 Å². The van der Waals surface area contributed by atoms with E-state index in [0.29, 0.717) is 17.8 Å². The monoisotopic (exact) mass is 721 g/mol. The van der Waals surface area contributed by atoms with Crippen LogP contribution in [0.5, 0.6) is 0 Å². The first-order valence-corrected chi connectivity index (χ1v) is 16.6. The Morgan fingerprint density at radius 3 is 1.43 bits per heavy atom. The Morgan fingerprint density at radius 1 is 0.833 bits per heavy atom. The Balaban J connectivity index is 0. The summed E-state index contributed by atoms with van der Waals surface area (Å²) >= 11 is 0. The number of alkyl halides is 3. The minimum absolute atomic E-state index is 0. The van der Waals surface area contributed by atoms with Gasteiger partial charge in [-0.2, -0.15) is 21.6 Å². The molecular weight excluding hydrogens is 671 g/mol. The van der Waals surface area contributed by atoms with Crippen LogP contribution in [0.2, 0.25) is 0 Å². The molecule has 0 spiro atoms. The van der Waals surface area contributed by atoms with E-state index in [4.69, 9.17) is 13.0 Å². The maximum absolute atomic E-state index is 10.7. The average molecular weight is 722 g/mol. The van der Waals surface area contributed by atoms with Gasteiger partial charge in [0.1, 0.15) is 0 Å². The fraction of sp³-hybridized carbons (Fsp3) is 0.545. The number of rotatable bonds is 5. The predicted octanol–water partition coefficient (Wildman–Crippen LogP) is 10.8. The van der Waals surface area contributed by atoms with Crippen LogP contribution in [0.1, 0.15) is 118 Å². The average Bonchev–Trinajstić information content (AvgIpc) is 2.76. The standard InChI is InChI=1S/C29H45P.C3H5.CHF3O3S.Pd/c1-19(2)22-17-24(20(3)4)27(25(18-22)21(5)6)23-15-13-14-16-26(23)30(28(7,8)9)29(10,11)12;1-3-2;2-1(3,4)8(5,6)7;/h13-21H,1-12H3;3H,1-2H2;(H,5,6,7);/q;-1;;.